The number of aryl methyl sites for hydroxylation is 1. The number of amides is 1. The highest BCUT2D eigenvalue weighted by Crippen LogP contribution is 2.15. The Morgan fingerprint density at radius 3 is 2.77 bits per heavy atom. The van der Waals surface area contributed by atoms with Crippen LogP contribution >= 0.6 is 11.3 Å². The van der Waals surface area contributed by atoms with Gasteiger partial charge in [0.1, 0.15) is 0 Å². The summed E-state index contributed by atoms with van der Waals surface area (Å²) in [6, 6.07) is 14.3. The van der Waals surface area contributed by atoms with Crippen molar-refractivity contribution >= 4 is 17.2 Å². The second-order valence-corrected chi connectivity index (χ2v) is 6.24. The quantitative estimate of drug-likeness (QED) is 0.711. The maximum Gasteiger partial charge on any atom is 0.220 e. The second-order valence-electron chi connectivity index (χ2n) is 5.21. The Morgan fingerprint density at radius 2 is 2.05 bits per heavy atom. The first-order chi connectivity index (χ1) is 10.8. The van der Waals surface area contributed by atoms with Crippen molar-refractivity contribution in [1.82, 2.24) is 5.32 Å². The molecule has 0 saturated heterocycles. The van der Waals surface area contributed by atoms with Gasteiger partial charge < -0.3 is 10.1 Å². The summed E-state index contributed by atoms with van der Waals surface area (Å²) in [5, 5.41) is 4.98. The van der Waals surface area contributed by atoms with E-state index in [-0.39, 0.29) is 12.0 Å². The van der Waals surface area contributed by atoms with Crippen LogP contribution in [0.1, 0.15) is 36.3 Å². The van der Waals surface area contributed by atoms with Crippen LogP contribution in [0, 0.1) is 0 Å². The SMILES string of the molecule is CC(OCCCNC(=O)CCc1cccs1)c1ccccc1. The van der Waals surface area contributed by atoms with Crippen molar-refractivity contribution in [3.8, 4) is 0 Å². The summed E-state index contributed by atoms with van der Waals surface area (Å²) in [6.07, 6.45) is 2.31. The molecule has 22 heavy (non-hydrogen) atoms. The molecule has 0 aliphatic heterocycles. The van der Waals surface area contributed by atoms with Gasteiger partial charge in [-0.3, -0.25) is 4.79 Å². The Bertz CT molecular complexity index is 539. The molecule has 4 heteroatoms. The van der Waals surface area contributed by atoms with Gasteiger partial charge in [-0.1, -0.05) is 36.4 Å². The van der Waals surface area contributed by atoms with Crippen molar-refractivity contribution in [2.75, 3.05) is 13.2 Å². The predicted molar refractivity (Wildman–Crippen MR) is 91.1 cm³/mol. The summed E-state index contributed by atoms with van der Waals surface area (Å²) in [7, 11) is 0. The van der Waals surface area contributed by atoms with Crippen LogP contribution in [0.2, 0.25) is 0 Å². The Labute approximate surface area is 136 Å². The molecule has 2 rings (SSSR count). The molecule has 0 aliphatic rings. The molecule has 1 N–H and O–H groups in total. The Hall–Kier alpha value is -1.65. The minimum atomic E-state index is 0.0933. The molecular weight excluding hydrogens is 294 g/mol. The van der Waals surface area contributed by atoms with Gasteiger partial charge in [-0.05, 0) is 36.8 Å². The topological polar surface area (TPSA) is 38.3 Å². The molecule has 0 saturated carbocycles. The molecule has 0 aliphatic carbocycles. The lowest BCUT2D eigenvalue weighted by atomic mass is 10.1. The monoisotopic (exact) mass is 317 g/mol. The van der Waals surface area contributed by atoms with Crippen molar-refractivity contribution in [3.05, 3.63) is 58.3 Å². The van der Waals surface area contributed by atoms with Crippen LogP contribution in [0.25, 0.3) is 0 Å². The van der Waals surface area contributed by atoms with Gasteiger partial charge in [-0.25, -0.2) is 0 Å². The van der Waals surface area contributed by atoms with Crippen LogP contribution in [-0.4, -0.2) is 19.1 Å². The molecule has 1 aromatic carbocycles. The van der Waals surface area contributed by atoms with Crippen molar-refractivity contribution in [2.24, 2.45) is 0 Å². The number of hydrogen-bond donors (Lipinski definition) is 1. The number of thiophene rings is 1. The van der Waals surface area contributed by atoms with Gasteiger partial charge in [0.05, 0.1) is 6.10 Å². The lowest BCUT2D eigenvalue weighted by Gasteiger charge is -2.13. The zero-order valence-electron chi connectivity index (χ0n) is 13.0. The van der Waals surface area contributed by atoms with Crippen LogP contribution in [0.15, 0.2) is 47.8 Å². The van der Waals surface area contributed by atoms with E-state index in [1.165, 1.54) is 10.4 Å². The number of ether oxygens (including phenoxy) is 1. The number of hydrogen-bond acceptors (Lipinski definition) is 3. The first kappa shape index (κ1) is 16.7. The van der Waals surface area contributed by atoms with Gasteiger partial charge in [-0.2, -0.15) is 0 Å². The number of benzene rings is 1. The Balaban J connectivity index is 1.52. The van der Waals surface area contributed by atoms with E-state index in [4.69, 9.17) is 4.74 Å². The van der Waals surface area contributed by atoms with Crippen molar-refractivity contribution in [1.29, 1.82) is 0 Å². The molecule has 3 nitrogen and oxygen atoms in total. The van der Waals surface area contributed by atoms with Crippen LogP contribution < -0.4 is 5.32 Å². The van der Waals surface area contributed by atoms with E-state index in [9.17, 15) is 4.79 Å². The van der Waals surface area contributed by atoms with E-state index in [2.05, 4.69) is 30.4 Å². The van der Waals surface area contributed by atoms with Gasteiger partial charge >= 0.3 is 0 Å². The van der Waals surface area contributed by atoms with Crippen LogP contribution in [0.4, 0.5) is 0 Å². The van der Waals surface area contributed by atoms with Crippen molar-refractivity contribution in [2.45, 2.75) is 32.3 Å². The molecule has 0 spiro atoms. The third kappa shape index (κ3) is 6.00. The fourth-order valence-corrected chi connectivity index (χ4v) is 2.87. The number of carbonyl (C=O) groups is 1. The normalized spacial score (nSPS) is 12.0. The standard InChI is InChI=1S/C18H23NO2S/c1-15(16-7-3-2-4-8-16)21-13-6-12-19-18(20)11-10-17-9-5-14-22-17/h2-5,7-9,14-15H,6,10-13H2,1H3,(H,19,20). The molecular formula is C18H23NO2S. The summed E-state index contributed by atoms with van der Waals surface area (Å²) in [5.41, 5.74) is 1.18. The molecule has 118 valence electrons. The molecule has 1 aromatic heterocycles. The summed E-state index contributed by atoms with van der Waals surface area (Å²) >= 11 is 1.70. The highest BCUT2D eigenvalue weighted by atomic mass is 32.1. The second kappa shape index (κ2) is 9.38. The van der Waals surface area contributed by atoms with Gasteiger partial charge in [0.25, 0.3) is 0 Å². The van der Waals surface area contributed by atoms with E-state index in [1.807, 2.05) is 29.6 Å². The molecule has 1 amide bonds. The van der Waals surface area contributed by atoms with Crippen molar-refractivity contribution in [3.63, 3.8) is 0 Å². The largest absolute Gasteiger partial charge is 0.374 e. The average molecular weight is 317 g/mol. The Kier molecular flexibility index (Phi) is 7.13. The van der Waals surface area contributed by atoms with Crippen molar-refractivity contribution < 1.29 is 9.53 Å². The van der Waals surface area contributed by atoms with Crippen LogP contribution in [-0.2, 0) is 16.0 Å². The zero-order valence-corrected chi connectivity index (χ0v) is 13.8. The van der Waals surface area contributed by atoms with Crippen LogP contribution in [0.3, 0.4) is 0 Å². The first-order valence-corrected chi connectivity index (χ1v) is 8.59. The molecule has 0 radical (unpaired) electrons. The fraction of sp³-hybridized carbons (Fsp3) is 0.389. The van der Waals surface area contributed by atoms with E-state index < -0.39 is 0 Å². The molecule has 0 fully saturated rings. The number of nitrogens with one attached hydrogen (secondary N) is 1. The molecule has 2 aromatic rings. The Morgan fingerprint density at radius 1 is 1.23 bits per heavy atom. The third-order valence-electron chi connectivity index (χ3n) is 3.46. The lowest BCUT2D eigenvalue weighted by Crippen LogP contribution is -2.25. The summed E-state index contributed by atoms with van der Waals surface area (Å²) in [5.74, 6) is 0.115. The maximum atomic E-state index is 11.7. The van der Waals surface area contributed by atoms with E-state index in [0.717, 1.165) is 12.8 Å². The number of carbonyl (C=O) groups excluding carboxylic acids is 1. The van der Waals surface area contributed by atoms with Gasteiger partial charge in [-0.15, -0.1) is 11.3 Å². The van der Waals surface area contributed by atoms with E-state index in [1.54, 1.807) is 11.3 Å². The van der Waals surface area contributed by atoms with Gasteiger partial charge in [0.2, 0.25) is 5.91 Å². The maximum absolute atomic E-state index is 11.7. The van der Waals surface area contributed by atoms with Gasteiger partial charge in [0, 0.05) is 24.4 Å². The van der Waals surface area contributed by atoms with Gasteiger partial charge in [0.15, 0.2) is 0 Å². The summed E-state index contributed by atoms with van der Waals surface area (Å²) < 4.78 is 5.78. The first-order valence-electron chi connectivity index (χ1n) is 7.71. The average Bonchev–Trinajstić information content (AvgIpc) is 3.06. The number of rotatable bonds is 9. The molecule has 1 heterocycles. The zero-order chi connectivity index (χ0) is 15.6. The molecule has 0 bridgehead atoms. The third-order valence-corrected chi connectivity index (χ3v) is 4.39. The fourth-order valence-electron chi connectivity index (χ4n) is 2.16. The minimum absolute atomic E-state index is 0.0933. The van der Waals surface area contributed by atoms with E-state index in [0.29, 0.717) is 19.6 Å². The lowest BCUT2D eigenvalue weighted by molar-refractivity contribution is -0.121. The highest BCUT2D eigenvalue weighted by Gasteiger charge is 2.05. The predicted octanol–water partition coefficient (Wildman–Crippen LogP) is 3.96. The minimum Gasteiger partial charge on any atom is -0.374 e. The molecule has 1 atom stereocenters. The smallest absolute Gasteiger partial charge is 0.220 e. The van der Waals surface area contributed by atoms with E-state index >= 15 is 0 Å². The molecule has 1 unspecified atom stereocenters. The highest BCUT2D eigenvalue weighted by molar-refractivity contribution is 7.09. The summed E-state index contributed by atoms with van der Waals surface area (Å²) in [4.78, 5) is 13.0. The summed E-state index contributed by atoms with van der Waals surface area (Å²) in [6.45, 7) is 3.38. The van der Waals surface area contributed by atoms with Crippen LogP contribution in [0.5, 0.6) is 0 Å².